The molecule has 1 aromatic rings. The van der Waals surface area contributed by atoms with Crippen molar-refractivity contribution >= 4 is 11.9 Å². The van der Waals surface area contributed by atoms with Crippen LogP contribution in [0.15, 0.2) is 18.2 Å². The number of likely N-dealkylation sites (tertiary alicyclic amines) is 1. The lowest BCUT2D eigenvalue weighted by atomic mass is 9.98. The molecule has 2 aliphatic heterocycles. The number of nitrogens with zero attached hydrogens (tertiary/aromatic N) is 1. The minimum Gasteiger partial charge on any atom is -0.486 e. The second-order valence-corrected chi connectivity index (χ2v) is 11.1. The lowest BCUT2D eigenvalue weighted by molar-refractivity contribution is -0.172. The number of hydrogen-bond donors (Lipinski definition) is 1. The quantitative estimate of drug-likeness (QED) is 0.211. The van der Waals surface area contributed by atoms with E-state index in [1.807, 2.05) is 39.0 Å². The van der Waals surface area contributed by atoms with Gasteiger partial charge in [0.25, 0.3) is 0 Å². The van der Waals surface area contributed by atoms with Crippen LogP contribution in [0.3, 0.4) is 0 Å². The second-order valence-electron chi connectivity index (χ2n) is 11.1. The first kappa shape index (κ1) is 29.2. The van der Waals surface area contributed by atoms with Crippen molar-refractivity contribution in [2.75, 3.05) is 39.6 Å². The largest absolute Gasteiger partial charge is 0.486 e. The molecule has 0 spiro atoms. The van der Waals surface area contributed by atoms with Gasteiger partial charge in [-0.2, -0.15) is 0 Å². The third-order valence-corrected chi connectivity index (χ3v) is 6.82. The zero-order chi connectivity index (χ0) is 26.7. The summed E-state index contributed by atoms with van der Waals surface area (Å²) >= 11 is 0. The van der Waals surface area contributed by atoms with E-state index in [9.17, 15) is 9.59 Å². The van der Waals surface area contributed by atoms with Crippen LogP contribution in [0.4, 0.5) is 0 Å². The van der Waals surface area contributed by atoms with E-state index in [0.717, 1.165) is 50.8 Å². The van der Waals surface area contributed by atoms with Gasteiger partial charge in [0.05, 0.1) is 11.5 Å². The Kier molecular flexibility index (Phi) is 11.5. The second kappa shape index (κ2) is 14.6. The van der Waals surface area contributed by atoms with E-state index >= 15 is 0 Å². The topological polar surface area (TPSA) is 86.3 Å². The molecule has 0 aliphatic carbocycles. The Balaban J connectivity index is 1.77. The lowest BCUT2D eigenvalue weighted by Gasteiger charge is -2.32. The van der Waals surface area contributed by atoms with Crippen molar-refractivity contribution in [1.82, 2.24) is 10.2 Å². The molecule has 2 atom stereocenters. The Bertz CT molecular complexity index is 862. The van der Waals surface area contributed by atoms with Crippen LogP contribution >= 0.6 is 0 Å². The minimum atomic E-state index is -0.628. The van der Waals surface area contributed by atoms with Crippen LogP contribution in [-0.4, -0.2) is 62.5 Å². The van der Waals surface area contributed by atoms with Crippen molar-refractivity contribution in [1.29, 1.82) is 0 Å². The molecule has 208 valence electrons. The van der Waals surface area contributed by atoms with Gasteiger partial charge in [0.15, 0.2) is 18.3 Å². The highest BCUT2D eigenvalue weighted by molar-refractivity contribution is 5.76. The number of amides is 1. The molecule has 0 aromatic heterocycles. The van der Waals surface area contributed by atoms with Gasteiger partial charge >= 0.3 is 5.97 Å². The maximum Gasteiger partial charge on any atom is 0.313 e. The summed E-state index contributed by atoms with van der Waals surface area (Å²) in [5.74, 6) is 1.05. The van der Waals surface area contributed by atoms with Gasteiger partial charge in [0, 0.05) is 13.0 Å². The summed E-state index contributed by atoms with van der Waals surface area (Å²) in [5, 5.41) is 3.26. The summed E-state index contributed by atoms with van der Waals surface area (Å²) in [6, 6.07) is 5.43. The van der Waals surface area contributed by atoms with Crippen molar-refractivity contribution in [3.05, 3.63) is 23.8 Å². The molecule has 0 bridgehead atoms. The van der Waals surface area contributed by atoms with Crippen molar-refractivity contribution < 1.29 is 28.5 Å². The fraction of sp³-hybridized carbons (Fsp3) is 0.724. The molecule has 2 heterocycles. The first-order valence-electron chi connectivity index (χ1n) is 14.0. The summed E-state index contributed by atoms with van der Waals surface area (Å²) in [5.41, 5.74) is 0.222. The van der Waals surface area contributed by atoms with Crippen LogP contribution in [-0.2, 0) is 19.1 Å². The van der Waals surface area contributed by atoms with Gasteiger partial charge in [-0.15, -0.1) is 0 Å². The Labute approximate surface area is 222 Å². The van der Waals surface area contributed by atoms with Gasteiger partial charge in [-0.3, -0.25) is 9.59 Å². The zero-order valence-corrected chi connectivity index (χ0v) is 23.2. The Morgan fingerprint density at radius 3 is 2.43 bits per heavy atom. The standard InChI is InChI=1S/C29H46N2O6/c1-5-6-7-8-9-12-26(32)30-23(20-31-15-10-11-16-31)27(36-21-37-28(33)29(2,3)4)22-13-14-24-25(19-22)35-18-17-34-24/h13-14,19,23,27H,5-12,15-18,20-21H2,1-4H3,(H,30,32)/t23-,27-/m1/s1. The fourth-order valence-corrected chi connectivity index (χ4v) is 4.69. The van der Waals surface area contributed by atoms with Crippen LogP contribution in [0.25, 0.3) is 0 Å². The molecule has 8 nitrogen and oxygen atoms in total. The molecule has 1 N–H and O–H groups in total. The summed E-state index contributed by atoms with van der Waals surface area (Å²) in [7, 11) is 0. The van der Waals surface area contributed by atoms with E-state index < -0.39 is 11.5 Å². The number of benzene rings is 1. The highest BCUT2D eigenvalue weighted by Gasteiger charge is 2.31. The van der Waals surface area contributed by atoms with E-state index in [2.05, 4.69) is 17.1 Å². The molecule has 1 fully saturated rings. The predicted octanol–water partition coefficient (Wildman–Crippen LogP) is 5.00. The predicted molar refractivity (Wildman–Crippen MR) is 143 cm³/mol. The van der Waals surface area contributed by atoms with E-state index in [-0.39, 0.29) is 24.7 Å². The number of nitrogens with one attached hydrogen (secondary N) is 1. The minimum absolute atomic E-state index is 0.0264. The van der Waals surface area contributed by atoms with Crippen LogP contribution in [0.5, 0.6) is 11.5 Å². The van der Waals surface area contributed by atoms with Gasteiger partial charge in [0.2, 0.25) is 5.91 Å². The van der Waals surface area contributed by atoms with Crippen molar-refractivity contribution in [3.63, 3.8) is 0 Å². The fourth-order valence-electron chi connectivity index (χ4n) is 4.69. The third-order valence-electron chi connectivity index (χ3n) is 6.82. The number of hydrogen-bond acceptors (Lipinski definition) is 7. The van der Waals surface area contributed by atoms with Crippen LogP contribution in [0.1, 0.15) is 90.7 Å². The van der Waals surface area contributed by atoms with Crippen molar-refractivity contribution in [2.24, 2.45) is 5.41 Å². The average Bonchev–Trinajstić information content (AvgIpc) is 3.38. The number of rotatable bonds is 14. The molecule has 1 aromatic carbocycles. The maximum atomic E-state index is 13.0. The number of carbonyl (C=O) groups excluding carboxylic acids is 2. The number of ether oxygens (including phenoxy) is 4. The Morgan fingerprint density at radius 2 is 1.73 bits per heavy atom. The maximum absolute atomic E-state index is 13.0. The molecule has 0 saturated carbocycles. The monoisotopic (exact) mass is 518 g/mol. The molecular formula is C29H46N2O6. The third kappa shape index (κ3) is 9.49. The normalized spacial score (nSPS) is 17.3. The first-order chi connectivity index (χ1) is 17.8. The Hall–Kier alpha value is -2.32. The SMILES string of the molecule is CCCCCCCC(=O)N[C@H](CN1CCCC1)[C@H](OCOC(=O)C(C)(C)C)c1ccc2c(c1)OCCO2. The van der Waals surface area contributed by atoms with E-state index in [0.29, 0.717) is 37.7 Å². The molecule has 37 heavy (non-hydrogen) atoms. The molecule has 3 rings (SSSR count). The zero-order valence-electron chi connectivity index (χ0n) is 23.2. The summed E-state index contributed by atoms with van der Waals surface area (Å²) in [6.45, 7) is 11.1. The average molecular weight is 519 g/mol. The Morgan fingerprint density at radius 1 is 1.03 bits per heavy atom. The van der Waals surface area contributed by atoms with Gasteiger partial charge in [-0.1, -0.05) is 38.7 Å². The highest BCUT2D eigenvalue weighted by Crippen LogP contribution is 2.35. The number of fused-ring (bicyclic) bond motifs is 1. The van der Waals surface area contributed by atoms with Gasteiger partial charge in [0.1, 0.15) is 19.3 Å². The summed E-state index contributed by atoms with van der Waals surface area (Å²) in [4.78, 5) is 27.8. The molecule has 8 heteroatoms. The van der Waals surface area contributed by atoms with Crippen LogP contribution < -0.4 is 14.8 Å². The summed E-state index contributed by atoms with van der Waals surface area (Å²) in [6.07, 6.45) is 7.74. The molecule has 1 amide bonds. The smallest absolute Gasteiger partial charge is 0.313 e. The van der Waals surface area contributed by atoms with Gasteiger partial charge in [-0.25, -0.2) is 0 Å². The van der Waals surface area contributed by atoms with Crippen LogP contribution in [0, 0.1) is 5.41 Å². The molecule has 2 aliphatic rings. The van der Waals surface area contributed by atoms with Gasteiger partial charge in [-0.05, 0) is 70.8 Å². The van der Waals surface area contributed by atoms with E-state index in [1.165, 1.54) is 12.8 Å². The van der Waals surface area contributed by atoms with E-state index in [1.54, 1.807) is 0 Å². The first-order valence-corrected chi connectivity index (χ1v) is 14.0. The molecule has 1 saturated heterocycles. The highest BCUT2D eigenvalue weighted by atomic mass is 16.7. The molecular weight excluding hydrogens is 472 g/mol. The number of esters is 1. The van der Waals surface area contributed by atoms with Crippen molar-refractivity contribution in [3.8, 4) is 11.5 Å². The van der Waals surface area contributed by atoms with Crippen LogP contribution in [0.2, 0.25) is 0 Å². The van der Waals surface area contributed by atoms with Gasteiger partial charge < -0.3 is 29.2 Å². The molecule has 0 unspecified atom stereocenters. The van der Waals surface area contributed by atoms with E-state index in [4.69, 9.17) is 18.9 Å². The molecule has 0 radical (unpaired) electrons. The number of carbonyl (C=O) groups is 2. The lowest BCUT2D eigenvalue weighted by Crippen LogP contribution is -2.47. The van der Waals surface area contributed by atoms with Crippen molar-refractivity contribution in [2.45, 2.75) is 91.2 Å². The summed E-state index contributed by atoms with van der Waals surface area (Å²) < 4.78 is 23.2. The number of unbranched alkanes of at least 4 members (excludes halogenated alkanes) is 4.